The van der Waals surface area contributed by atoms with Crippen LogP contribution in [0.3, 0.4) is 0 Å². The Kier molecular flexibility index (Phi) is 27.2. The number of fused-ring (bicyclic) bond motifs is 1. The Labute approximate surface area is 438 Å². The Bertz CT molecular complexity index is 2190. The number of primary amides is 1. The molecule has 0 fully saturated rings. The number of aromatic nitrogens is 1. The Hall–Kier alpha value is -6.25. The molecule has 0 saturated heterocycles. The summed E-state index contributed by atoms with van der Waals surface area (Å²) < 4.78 is 0. The standard InChI is InChI=1S/C53H91N13O8/c1-28(2)20-36(54)46(68)61-39(21-29(3)4)48(70)63-43(25-33(11)12)51(73)66-44(26-34-27-59-37-17-14-13-16-35(34)37)52(74)65-42(24-32(9)10)50(72)64-41(23-31(7)8)49(71)62-40(22-30(5)6)47(69)60-38(45(55)67)18-15-19-58-53(56)57/h13-14,16-17,27-33,36,38-44,59H,15,18-26,54H2,1-12H3,(H2,55,67)(H,60,69)(H,61,68)(H,62,71)(H,63,70)(H,64,72)(H,65,74)(H,66,73)(H4,56,57,58)/t36-,38-,39-,40-,41-,42-,43-,44-/m0/s1. The molecule has 1 heterocycles. The first-order valence-corrected chi connectivity index (χ1v) is 26.4. The fourth-order valence-electron chi connectivity index (χ4n) is 8.56. The number of para-hydroxylation sites is 1. The predicted molar refractivity (Wildman–Crippen MR) is 289 cm³/mol. The van der Waals surface area contributed by atoms with Gasteiger partial charge in [0.15, 0.2) is 5.96 Å². The average molecular weight is 1040 g/mol. The number of benzene rings is 1. The van der Waals surface area contributed by atoms with E-state index < -0.39 is 95.6 Å². The molecule has 2 rings (SSSR count). The van der Waals surface area contributed by atoms with Crippen molar-refractivity contribution >= 4 is 64.1 Å². The van der Waals surface area contributed by atoms with Crippen LogP contribution in [0.15, 0.2) is 35.5 Å². The van der Waals surface area contributed by atoms with Crippen LogP contribution >= 0.6 is 0 Å². The highest BCUT2D eigenvalue weighted by Gasteiger charge is 2.36. The number of amides is 8. The van der Waals surface area contributed by atoms with Crippen LogP contribution in [0.25, 0.3) is 10.9 Å². The minimum atomic E-state index is -1.27. The largest absolute Gasteiger partial charge is 0.370 e. The van der Waals surface area contributed by atoms with E-state index in [0.717, 1.165) is 10.9 Å². The number of nitrogens with two attached hydrogens (primary N) is 4. The number of guanidine groups is 1. The molecule has 16 N–H and O–H groups in total. The number of aliphatic imine (C=N–C) groups is 1. The zero-order chi connectivity index (χ0) is 56.0. The summed E-state index contributed by atoms with van der Waals surface area (Å²) in [7, 11) is 0. The SMILES string of the molecule is CC(C)C[C@H](NC(=O)[C@H](CC(C)C)NC(=O)[C@H](CC(C)C)NC(=O)[C@H](Cc1c[nH]c2ccccc12)NC(=O)[C@H](CC(C)C)NC(=O)[C@H](CC(C)C)NC(=O)[C@@H](N)CC(C)C)C(=O)N[C@@H](CCCN=C(N)N)C(N)=O. The van der Waals surface area contributed by atoms with Gasteiger partial charge in [0.2, 0.25) is 47.3 Å². The highest BCUT2D eigenvalue weighted by Crippen LogP contribution is 2.21. The van der Waals surface area contributed by atoms with E-state index in [1.165, 1.54) is 0 Å². The van der Waals surface area contributed by atoms with Gasteiger partial charge in [0, 0.05) is 30.1 Å². The molecule has 2 aromatic rings. The lowest BCUT2D eigenvalue weighted by atomic mass is 9.97. The van der Waals surface area contributed by atoms with Crippen LogP contribution < -0.4 is 60.2 Å². The summed E-state index contributed by atoms with van der Waals surface area (Å²) in [6.07, 6.45) is 3.61. The maximum absolute atomic E-state index is 14.7. The number of aromatic amines is 1. The molecule has 1 aromatic carbocycles. The van der Waals surface area contributed by atoms with Crippen molar-refractivity contribution in [3.8, 4) is 0 Å². The Balaban J connectivity index is 2.51. The van der Waals surface area contributed by atoms with Crippen LogP contribution in [-0.2, 0) is 44.8 Å². The molecule has 0 radical (unpaired) electrons. The van der Waals surface area contributed by atoms with Gasteiger partial charge >= 0.3 is 0 Å². The topological polar surface area (TPSA) is 353 Å². The van der Waals surface area contributed by atoms with Gasteiger partial charge in [-0.1, -0.05) is 101 Å². The number of hydrogen-bond donors (Lipinski definition) is 12. The van der Waals surface area contributed by atoms with E-state index in [2.05, 4.69) is 47.2 Å². The number of H-pyrrole nitrogens is 1. The van der Waals surface area contributed by atoms with E-state index in [0.29, 0.717) is 18.4 Å². The van der Waals surface area contributed by atoms with Crippen LogP contribution in [0.4, 0.5) is 0 Å². The van der Waals surface area contributed by atoms with Crippen LogP contribution in [-0.4, -0.2) is 113 Å². The fraction of sp³-hybridized carbons (Fsp3) is 0.679. The summed E-state index contributed by atoms with van der Waals surface area (Å²) >= 11 is 0. The van der Waals surface area contributed by atoms with E-state index in [1.807, 2.05) is 107 Å². The molecule has 0 unspecified atom stereocenters. The summed E-state index contributed by atoms with van der Waals surface area (Å²) in [5.74, 6) is -5.50. The maximum atomic E-state index is 14.7. The third-order valence-corrected chi connectivity index (χ3v) is 12.1. The van der Waals surface area contributed by atoms with E-state index in [1.54, 1.807) is 6.20 Å². The highest BCUT2D eigenvalue weighted by molar-refractivity contribution is 5.98. The number of hydrogen-bond acceptors (Lipinski definition) is 10. The van der Waals surface area contributed by atoms with E-state index >= 15 is 0 Å². The van der Waals surface area contributed by atoms with Crippen molar-refractivity contribution in [3.05, 3.63) is 36.0 Å². The van der Waals surface area contributed by atoms with Gasteiger partial charge < -0.3 is 65.1 Å². The second-order valence-corrected chi connectivity index (χ2v) is 22.2. The first kappa shape index (κ1) is 63.9. The maximum Gasteiger partial charge on any atom is 0.243 e. The number of carbonyl (C=O) groups excluding carboxylic acids is 8. The molecule has 0 aliphatic rings. The fourth-order valence-corrected chi connectivity index (χ4v) is 8.56. The number of rotatable bonds is 33. The minimum absolute atomic E-state index is 0.00379. The summed E-state index contributed by atoms with van der Waals surface area (Å²) in [4.78, 5) is 118. The molecule has 0 bridgehead atoms. The van der Waals surface area contributed by atoms with Crippen molar-refractivity contribution in [3.63, 3.8) is 0 Å². The minimum Gasteiger partial charge on any atom is -0.370 e. The molecule has 74 heavy (non-hydrogen) atoms. The average Bonchev–Trinajstić information content (AvgIpc) is 3.69. The van der Waals surface area contributed by atoms with E-state index in [-0.39, 0.29) is 93.0 Å². The van der Waals surface area contributed by atoms with Crippen LogP contribution in [0.1, 0.15) is 140 Å². The first-order valence-electron chi connectivity index (χ1n) is 26.4. The Morgan fingerprint density at radius 2 is 0.811 bits per heavy atom. The number of nitrogens with one attached hydrogen (secondary N) is 8. The van der Waals surface area contributed by atoms with Gasteiger partial charge in [-0.05, 0) is 98.5 Å². The Morgan fingerprint density at radius 1 is 0.473 bits per heavy atom. The second kappa shape index (κ2) is 31.5. The normalized spacial score (nSPS) is 14.9. The van der Waals surface area contributed by atoms with Crippen LogP contribution in [0.5, 0.6) is 0 Å². The third-order valence-electron chi connectivity index (χ3n) is 12.1. The van der Waals surface area contributed by atoms with Gasteiger partial charge in [-0.25, -0.2) is 0 Å². The molecular formula is C53H91N13O8. The third kappa shape index (κ3) is 23.3. The molecular weight excluding hydrogens is 947 g/mol. The molecule has 8 atom stereocenters. The molecule has 0 aliphatic heterocycles. The van der Waals surface area contributed by atoms with Crippen molar-refractivity contribution in [1.29, 1.82) is 0 Å². The number of nitrogens with zero attached hydrogens (tertiary/aromatic N) is 1. The molecule has 21 heteroatoms. The summed E-state index contributed by atoms with van der Waals surface area (Å²) in [5.41, 5.74) is 24.1. The summed E-state index contributed by atoms with van der Waals surface area (Å²) in [6.45, 7) is 22.9. The molecule has 21 nitrogen and oxygen atoms in total. The van der Waals surface area contributed by atoms with Gasteiger partial charge in [0.05, 0.1) is 6.04 Å². The zero-order valence-electron chi connectivity index (χ0n) is 46.1. The number of carbonyl (C=O) groups is 8. The lowest BCUT2D eigenvalue weighted by molar-refractivity contribution is -0.136. The van der Waals surface area contributed by atoms with Crippen molar-refractivity contribution in [2.75, 3.05) is 6.54 Å². The zero-order valence-corrected chi connectivity index (χ0v) is 46.1. The van der Waals surface area contributed by atoms with Gasteiger partial charge in [0.25, 0.3) is 0 Å². The molecule has 8 amide bonds. The van der Waals surface area contributed by atoms with E-state index in [4.69, 9.17) is 22.9 Å². The van der Waals surface area contributed by atoms with Crippen LogP contribution in [0, 0.1) is 35.5 Å². The van der Waals surface area contributed by atoms with Gasteiger partial charge in [-0.3, -0.25) is 43.3 Å². The monoisotopic (exact) mass is 1040 g/mol. The summed E-state index contributed by atoms with van der Waals surface area (Å²) in [6, 6.07) is -1.25. The summed E-state index contributed by atoms with van der Waals surface area (Å²) in [5, 5.41) is 20.5. The highest BCUT2D eigenvalue weighted by atomic mass is 16.2. The van der Waals surface area contributed by atoms with Crippen molar-refractivity contribution < 1.29 is 38.4 Å². The van der Waals surface area contributed by atoms with Gasteiger partial charge in [-0.2, -0.15) is 0 Å². The molecule has 0 spiro atoms. The smallest absolute Gasteiger partial charge is 0.243 e. The van der Waals surface area contributed by atoms with E-state index in [9.17, 15) is 38.4 Å². The molecule has 0 saturated carbocycles. The van der Waals surface area contributed by atoms with Gasteiger partial charge in [0.1, 0.15) is 42.3 Å². The second-order valence-electron chi connectivity index (χ2n) is 22.2. The van der Waals surface area contributed by atoms with Crippen LogP contribution in [0.2, 0.25) is 0 Å². The molecule has 416 valence electrons. The van der Waals surface area contributed by atoms with Crippen molar-refractivity contribution in [2.45, 2.75) is 189 Å². The predicted octanol–water partition coefficient (Wildman–Crippen LogP) is 2.25. The van der Waals surface area contributed by atoms with Crippen molar-refractivity contribution in [1.82, 2.24) is 42.2 Å². The quantitative estimate of drug-likeness (QED) is 0.0279. The lowest BCUT2D eigenvalue weighted by Gasteiger charge is -2.29. The Morgan fingerprint density at radius 3 is 1.18 bits per heavy atom. The molecule has 1 aromatic heterocycles. The molecule has 0 aliphatic carbocycles. The van der Waals surface area contributed by atoms with Gasteiger partial charge in [-0.15, -0.1) is 0 Å². The first-order chi connectivity index (χ1) is 34.6. The van der Waals surface area contributed by atoms with Crippen molar-refractivity contribution in [2.24, 2.45) is 63.4 Å². The lowest BCUT2D eigenvalue weighted by Crippen LogP contribution is -2.61.